The molecule has 0 amide bonds. The molecule has 0 aliphatic rings. The number of para-hydroxylation sites is 1. The second-order valence-electron chi connectivity index (χ2n) is 3.59. The number of alkyl halides is 1. The SMILES string of the molecule is N#CC(C(=O)CI)c1ccc2ccccc2n1. The van der Waals surface area contributed by atoms with Gasteiger partial charge in [0.05, 0.1) is 21.7 Å². The van der Waals surface area contributed by atoms with Gasteiger partial charge in [-0.25, -0.2) is 0 Å². The van der Waals surface area contributed by atoms with Crippen molar-refractivity contribution >= 4 is 39.3 Å². The van der Waals surface area contributed by atoms with E-state index in [1.54, 1.807) is 6.07 Å². The van der Waals surface area contributed by atoms with E-state index in [4.69, 9.17) is 5.26 Å². The lowest BCUT2D eigenvalue weighted by atomic mass is 10.0. The van der Waals surface area contributed by atoms with Gasteiger partial charge in [-0.05, 0) is 12.1 Å². The molecule has 1 heterocycles. The molecular weight excluding hydrogens is 327 g/mol. The van der Waals surface area contributed by atoms with Crippen molar-refractivity contribution in [2.75, 3.05) is 4.43 Å². The minimum atomic E-state index is -0.753. The number of ketones is 1. The first-order valence-electron chi connectivity index (χ1n) is 5.10. The third kappa shape index (κ3) is 2.44. The molecule has 4 heteroatoms. The Morgan fingerprint density at radius 1 is 1.35 bits per heavy atom. The Morgan fingerprint density at radius 2 is 2.12 bits per heavy atom. The molecule has 0 N–H and O–H groups in total. The molecule has 2 rings (SSSR count). The Kier molecular flexibility index (Phi) is 3.69. The fourth-order valence-electron chi connectivity index (χ4n) is 1.62. The zero-order valence-corrected chi connectivity index (χ0v) is 11.1. The molecule has 0 aliphatic carbocycles. The van der Waals surface area contributed by atoms with Crippen molar-refractivity contribution < 1.29 is 4.79 Å². The van der Waals surface area contributed by atoms with E-state index in [0.717, 1.165) is 10.9 Å². The monoisotopic (exact) mass is 336 g/mol. The fraction of sp³-hybridized carbons (Fsp3) is 0.154. The first kappa shape index (κ1) is 12.0. The molecule has 0 saturated carbocycles. The number of benzene rings is 1. The van der Waals surface area contributed by atoms with Crippen molar-refractivity contribution in [3.8, 4) is 6.07 Å². The first-order chi connectivity index (χ1) is 8.26. The number of rotatable bonds is 3. The fourth-order valence-corrected chi connectivity index (χ4v) is 2.06. The number of carbonyl (C=O) groups is 1. The minimum absolute atomic E-state index is 0.101. The van der Waals surface area contributed by atoms with Gasteiger partial charge in [-0.2, -0.15) is 5.26 Å². The summed E-state index contributed by atoms with van der Waals surface area (Å²) in [5.41, 5.74) is 1.35. The van der Waals surface area contributed by atoms with Crippen LogP contribution in [0.5, 0.6) is 0 Å². The highest BCUT2D eigenvalue weighted by Crippen LogP contribution is 2.19. The van der Waals surface area contributed by atoms with Gasteiger partial charge in [0.1, 0.15) is 5.92 Å². The van der Waals surface area contributed by atoms with Gasteiger partial charge in [-0.15, -0.1) is 0 Å². The van der Waals surface area contributed by atoms with Crippen LogP contribution in [0.1, 0.15) is 11.6 Å². The maximum absolute atomic E-state index is 11.6. The molecule has 1 unspecified atom stereocenters. The largest absolute Gasteiger partial charge is 0.297 e. The molecular formula is C13H9IN2O. The molecule has 0 spiro atoms. The third-order valence-electron chi connectivity index (χ3n) is 2.50. The van der Waals surface area contributed by atoms with E-state index in [1.165, 1.54) is 0 Å². The van der Waals surface area contributed by atoms with Gasteiger partial charge in [-0.3, -0.25) is 9.78 Å². The van der Waals surface area contributed by atoms with Crippen LogP contribution in [0.2, 0.25) is 0 Å². The van der Waals surface area contributed by atoms with Crippen molar-refractivity contribution in [1.29, 1.82) is 5.26 Å². The average Bonchev–Trinajstić information content (AvgIpc) is 2.39. The van der Waals surface area contributed by atoms with E-state index in [0.29, 0.717) is 10.1 Å². The Balaban J connectivity index is 2.49. The van der Waals surface area contributed by atoms with Crippen LogP contribution < -0.4 is 0 Å². The number of halogens is 1. The Hall–Kier alpha value is -1.48. The lowest BCUT2D eigenvalue weighted by Crippen LogP contribution is -2.13. The number of pyridine rings is 1. The van der Waals surface area contributed by atoms with Crippen LogP contribution >= 0.6 is 22.6 Å². The summed E-state index contributed by atoms with van der Waals surface area (Å²) < 4.78 is 0.324. The summed E-state index contributed by atoms with van der Waals surface area (Å²) >= 11 is 1.97. The summed E-state index contributed by atoms with van der Waals surface area (Å²) in [5, 5.41) is 10.0. The summed E-state index contributed by atoms with van der Waals surface area (Å²) in [7, 11) is 0. The maximum atomic E-state index is 11.6. The Labute approximate surface area is 113 Å². The van der Waals surface area contributed by atoms with Crippen LogP contribution in [0.4, 0.5) is 0 Å². The van der Waals surface area contributed by atoms with Gasteiger partial charge in [0, 0.05) is 5.39 Å². The predicted octanol–water partition coefficient (Wildman–Crippen LogP) is 2.85. The van der Waals surface area contributed by atoms with Crippen LogP contribution in [0.25, 0.3) is 10.9 Å². The van der Waals surface area contributed by atoms with E-state index in [-0.39, 0.29) is 5.78 Å². The van der Waals surface area contributed by atoms with Crippen molar-refractivity contribution in [2.45, 2.75) is 5.92 Å². The topological polar surface area (TPSA) is 53.8 Å². The highest BCUT2D eigenvalue weighted by atomic mass is 127. The number of nitriles is 1. The molecule has 3 nitrogen and oxygen atoms in total. The summed E-state index contributed by atoms with van der Waals surface area (Å²) in [4.78, 5) is 16.0. The number of Topliss-reactive ketones (excluding diaryl/α,β-unsaturated/α-hetero) is 1. The van der Waals surface area contributed by atoms with Crippen molar-refractivity contribution in [3.63, 3.8) is 0 Å². The second-order valence-corrected chi connectivity index (χ2v) is 4.35. The smallest absolute Gasteiger partial charge is 0.165 e. The third-order valence-corrected chi connectivity index (χ3v) is 3.25. The standard InChI is InChI=1S/C13H9IN2O/c14-7-13(17)10(8-15)12-6-5-9-3-1-2-4-11(9)16-12/h1-6,10H,7H2. The summed E-state index contributed by atoms with van der Waals surface area (Å²) in [6.07, 6.45) is 0. The van der Waals surface area contributed by atoms with Crippen molar-refractivity contribution in [2.24, 2.45) is 0 Å². The molecule has 0 aliphatic heterocycles. The van der Waals surface area contributed by atoms with Gasteiger partial charge in [0.2, 0.25) is 0 Å². The average molecular weight is 336 g/mol. The molecule has 17 heavy (non-hydrogen) atoms. The van der Waals surface area contributed by atoms with Crippen LogP contribution in [0, 0.1) is 11.3 Å². The zero-order chi connectivity index (χ0) is 12.3. The minimum Gasteiger partial charge on any atom is -0.297 e. The number of hydrogen-bond acceptors (Lipinski definition) is 3. The van der Waals surface area contributed by atoms with Gasteiger partial charge < -0.3 is 0 Å². The lowest BCUT2D eigenvalue weighted by molar-refractivity contribution is -0.116. The highest BCUT2D eigenvalue weighted by Gasteiger charge is 2.20. The van der Waals surface area contributed by atoms with E-state index < -0.39 is 5.92 Å². The van der Waals surface area contributed by atoms with E-state index in [1.807, 2.05) is 59.0 Å². The predicted molar refractivity (Wildman–Crippen MR) is 74.0 cm³/mol. The van der Waals surface area contributed by atoms with Crippen LogP contribution in [0.15, 0.2) is 36.4 Å². The first-order valence-corrected chi connectivity index (χ1v) is 6.63. The summed E-state index contributed by atoms with van der Waals surface area (Å²) in [6, 6.07) is 13.3. The van der Waals surface area contributed by atoms with Crippen LogP contribution in [-0.2, 0) is 4.79 Å². The lowest BCUT2D eigenvalue weighted by Gasteiger charge is -2.06. The highest BCUT2D eigenvalue weighted by molar-refractivity contribution is 14.1. The van der Waals surface area contributed by atoms with Crippen LogP contribution in [0.3, 0.4) is 0 Å². The molecule has 0 saturated heterocycles. The quantitative estimate of drug-likeness (QED) is 0.640. The molecule has 2 aromatic rings. The van der Waals surface area contributed by atoms with Gasteiger partial charge >= 0.3 is 0 Å². The molecule has 0 fully saturated rings. The van der Waals surface area contributed by atoms with Gasteiger partial charge in [0.15, 0.2) is 5.78 Å². The number of carbonyl (C=O) groups excluding carboxylic acids is 1. The maximum Gasteiger partial charge on any atom is 0.165 e. The molecule has 0 bridgehead atoms. The molecule has 0 radical (unpaired) electrons. The van der Waals surface area contributed by atoms with Crippen molar-refractivity contribution in [1.82, 2.24) is 4.98 Å². The van der Waals surface area contributed by atoms with Gasteiger partial charge in [0.25, 0.3) is 0 Å². The molecule has 1 atom stereocenters. The number of fused-ring (bicyclic) bond motifs is 1. The van der Waals surface area contributed by atoms with E-state index in [2.05, 4.69) is 4.98 Å². The summed E-state index contributed by atoms with van der Waals surface area (Å²) in [5.74, 6) is -0.854. The second kappa shape index (κ2) is 5.23. The molecule has 1 aromatic carbocycles. The number of aromatic nitrogens is 1. The molecule has 1 aromatic heterocycles. The Bertz CT molecular complexity index is 604. The van der Waals surface area contributed by atoms with Gasteiger partial charge in [-0.1, -0.05) is 46.9 Å². The molecule has 84 valence electrons. The van der Waals surface area contributed by atoms with E-state index in [9.17, 15) is 4.79 Å². The number of hydrogen-bond donors (Lipinski definition) is 0. The Morgan fingerprint density at radius 3 is 2.82 bits per heavy atom. The van der Waals surface area contributed by atoms with Crippen molar-refractivity contribution in [3.05, 3.63) is 42.1 Å². The van der Waals surface area contributed by atoms with E-state index >= 15 is 0 Å². The normalized spacial score (nSPS) is 12.0. The van der Waals surface area contributed by atoms with Crippen LogP contribution in [-0.4, -0.2) is 15.2 Å². The zero-order valence-electron chi connectivity index (χ0n) is 8.93. The number of nitrogens with zero attached hydrogens (tertiary/aromatic N) is 2. The summed E-state index contributed by atoms with van der Waals surface area (Å²) in [6.45, 7) is 0.